The van der Waals surface area contributed by atoms with Crippen LogP contribution in [0.4, 0.5) is 17.1 Å². The van der Waals surface area contributed by atoms with E-state index in [2.05, 4.69) is 265 Å². The predicted octanol–water partition coefficient (Wildman–Crippen LogP) is 13.5. The zero-order valence-electron chi connectivity index (χ0n) is 33.3. The molecule has 0 atom stereocenters. The van der Waals surface area contributed by atoms with Gasteiger partial charge in [-0.3, -0.25) is 0 Å². The van der Waals surface area contributed by atoms with Crippen molar-refractivity contribution >= 4 is 68.3 Å². The molecule has 1 nitrogen and oxygen atoms in total. The van der Waals surface area contributed by atoms with Crippen molar-refractivity contribution in [3.63, 3.8) is 0 Å². The average molecular weight is 782 g/mol. The van der Waals surface area contributed by atoms with Crippen LogP contribution >= 0.6 is 0 Å². The maximum Gasteiger partial charge on any atom is 0.172 e. The highest BCUT2D eigenvalue weighted by Crippen LogP contribution is 2.46. The number of anilines is 3. The molecule has 0 aliphatic rings. The van der Waals surface area contributed by atoms with Crippen molar-refractivity contribution in [3.05, 3.63) is 260 Å². The molecule has 10 aromatic rings. The summed E-state index contributed by atoms with van der Waals surface area (Å²) in [5, 5.41) is 8.98. The molecule has 0 aliphatic carbocycles. The van der Waals surface area contributed by atoms with Crippen LogP contribution in [0.25, 0.3) is 49.9 Å². The van der Waals surface area contributed by atoms with E-state index < -0.39 is 8.07 Å². The third-order valence-corrected chi connectivity index (χ3v) is 16.1. The van der Waals surface area contributed by atoms with Crippen LogP contribution in [0.15, 0.2) is 254 Å². The van der Waals surface area contributed by atoms with Crippen molar-refractivity contribution < 1.29 is 0 Å². The molecule has 0 unspecified atom stereocenters. The second kappa shape index (κ2) is 16.4. The first-order chi connectivity index (χ1) is 29.8. The number of nitrogens with zero attached hydrogens (tertiary/aromatic N) is 1. The molecule has 0 N–H and O–H groups in total. The third-order valence-electron chi connectivity index (χ3n) is 11.7. The minimum atomic E-state index is -2.62. The Labute approximate surface area is 353 Å². The fraction of sp³-hybridized carbons (Fsp3) is 0. The highest BCUT2D eigenvalue weighted by atomic mass is 28.3. The lowest BCUT2D eigenvalue weighted by molar-refractivity contribution is 1.29. The van der Waals surface area contributed by atoms with Gasteiger partial charge in [0.15, 0.2) is 8.07 Å². The zero-order chi connectivity index (χ0) is 40.1. The molecule has 2 heteroatoms. The third kappa shape index (κ3) is 6.83. The first kappa shape index (κ1) is 36.8. The van der Waals surface area contributed by atoms with Gasteiger partial charge < -0.3 is 4.90 Å². The number of hydrogen-bond donors (Lipinski definition) is 0. The Morgan fingerprint density at radius 3 is 1.10 bits per heavy atom. The summed E-state index contributed by atoms with van der Waals surface area (Å²) >= 11 is 0. The van der Waals surface area contributed by atoms with Gasteiger partial charge in [0, 0.05) is 17.1 Å². The van der Waals surface area contributed by atoms with Gasteiger partial charge in [-0.2, -0.15) is 0 Å². The molecule has 0 saturated heterocycles. The summed E-state index contributed by atoms with van der Waals surface area (Å²) in [6.07, 6.45) is 2.39. The molecular formula is C58H43NSi. The maximum absolute atomic E-state index is 2.62. The van der Waals surface area contributed by atoms with E-state index in [1.54, 1.807) is 0 Å². The number of benzene rings is 10. The first-order valence-corrected chi connectivity index (χ1v) is 22.8. The molecule has 0 amide bonds. The molecular weight excluding hydrogens is 739 g/mol. The molecule has 0 bridgehead atoms. The Hall–Kier alpha value is -7.52. The van der Waals surface area contributed by atoms with Crippen LogP contribution in [0.2, 0.25) is 0 Å². The normalized spacial score (nSPS) is 11.6. The predicted molar refractivity (Wildman–Crippen MR) is 260 cm³/mol. The number of para-hydroxylation sites is 2. The smallest absolute Gasteiger partial charge is 0.172 e. The number of rotatable bonds is 10. The van der Waals surface area contributed by atoms with Crippen molar-refractivity contribution in [1.82, 2.24) is 0 Å². The number of hydrogen-bond acceptors (Lipinski definition) is 1. The Bertz CT molecular complexity index is 2910. The summed E-state index contributed by atoms with van der Waals surface area (Å²) in [5.41, 5.74) is 11.9. The lowest BCUT2D eigenvalue weighted by Gasteiger charge is -2.30. The van der Waals surface area contributed by atoms with Gasteiger partial charge in [0.1, 0.15) is 0 Å². The molecule has 60 heavy (non-hydrogen) atoms. The maximum atomic E-state index is 2.55. The summed E-state index contributed by atoms with van der Waals surface area (Å²) in [7, 11) is -2.62. The molecule has 0 radical (unpaired) electrons. The molecule has 0 heterocycles. The summed E-state index contributed by atoms with van der Waals surface area (Å²) in [6.45, 7) is 0. The van der Waals surface area contributed by atoms with Gasteiger partial charge in [0.2, 0.25) is 0 Å². The molecule has 0 fully saturated rings. The molecule has 10 rings (SSSR count). The molecule has 0 aromatic heterocycles. The van der Waals surface area contributed by atoms with Crippen molar-refractivity contribution in [3.8, 4) is 22.3 Å². The van der Waals surface area contributed by atoms with Gasteiger partial charge in [-0.15, -0.1) is 0 Å². The largest absolute Gasteiger partial charge is 0.310 e. The van der Waals surface area contributed by atoms with Gasteiger partial charge in [-0.05, 0) is 107 Å². The van der Waals surface area contributed by atoms with E-state index in [1.807, 2.05) is 0 Å². The lowest BCUT2D eigenvalue weighted by atomic mass is 9.85. The SMILES string of the molecule is C(=C\[Si](c1ccccc1)(c1ccccc1)c1ccccc1)/c1ccc2c(-c3ccccc3)c3cc(N(c4ccccc4)c4ccccc4)ccc3c(-c3ccccc3)c2c1. The Balaban J connectivity index is 1.24. The zero-order valence-corrected chi connectivity index (χ0v) is 34.3. The second-order valence-electron chi connectivity index (χ2n) is 15.3. The summed E-state index contributed by atoms with van der Waals surface area (Å²) in [4.78, 5) is 2.36. The standard InChI is InChI=1S/C58H43NSi/c1-8-22-45(23-9-1)57-54-39-37-49(59(47-26-12-3-13-27-47)48-28-14-4-15-29-48)43-56(54)58(46-24-10-2-11-25-46)53-38-36-44(42-55(53)57)40-41-60(50-30-16-5-17-31-50,51-32-18-6-19-33-51)52-34-20-7-21-35-52/h1-43H/b41-40+. The van der Waals surface area contributed by atoms with Gasteiger partial charge in [0.05, 0.1) is 0 Å². The summed E-state index contributed by atoms with van der Waals surface area (Å²) in [5.74, 6) is 0. The minimum Gasteiger partial charge on any atom is -0.310 e. The molecule has 0 saturated carbocycles. The van der Waals surface area contributed by atoms with Crippen LogP contribution in [0.1, 0.15) is 5.56 Å². The quantitative estimate of drug-likeness (QED) is 0.0759. The van der Waals surface area contributed by atoms with E-state index >= 15 is 0 Å². The van der Waals surface area contributed by atoms with Gasteiger partial charge >= 0.3 is 0 Å². The van der Waals surface area contributed by atoms with Crippen LogP contribution in [0.5, 0.6) is 0 Å². The average Bonchev–Trinajstić information content (AvgIpc) is 3.33. The Kier molecular flexibility index (Phi) is 10.0. The number of fused-ring (bicyclic) bond motifs is 2. The van der Waals surface area contributed by atoms with E-state index in [1.165, 1.54) is 64.9 Å². The molecule has 284 valence electrons. The van der Waals surface area contributed by atoms with Gasteiger partial charge in [-0.1, -0.05) is 218 Å². The van der Waals surface area contributed by atoms with Crippen LogP contribution in [0, 0.1) is 0 Å². The summed E-state index contributed by atoms with van der Waals surface area (Å²) < 4.78 is 0. The fourth-order valence-corrected chi connectivity index (χ4v) is 13.2. The lowest BCUT2D eigenvalue weighted by Crippen LogP contribution is -2.66. The van der Waals surface area contributed by atoms with Crippen molar-refractivity contribution in [2.75, 3.05) is 4.90 Å². The van der Waals surface area contributed by atoms with Gasteiger partial charge in [-0.25, -0.2) is 0 Å². The van der Waals surface area contributed by atoms with E-state index in [9.17, 15) is 0 Å². The molecule has 10 aromatic carbocycles. The highest BCUT2D eigenvalue weighted by molar-refractivity contribution is 7.15. The highest BCUT2D eigenvalue weighted by Gasteiger charge is 2.36. The van der Waals surface area contributed by atoms with Crippen LogP contribution in [-0.4, -0.2) is 8.07 Å². The fourth-order valence-electron chi connectivity index (χ4n) is 9.02. The van der Waals surface area contributed by atoms with Crippen molar-refractivity contribution in [1.29, 1.82) is 0 Å². The molecule has 0 spiro atoms. The van der Waals surface area contributed by atoms with Gasteiger partial charge in [0.25, 0.3) is 0 Å². The van der Waals surface area contributed by atoms with Crippen LogP contribution < -0.4 is 20.5 Å². The second-order valence-corrected chi connectivity index (χ2v) is 18.9. The van der Waals surface area contributed by atoms with Crippen molar-refractivity contribution in [2.45, 2.75) is 0 Å². The summed E-state index contributed by atoms with van der Waals surface area (Å²) in [6, 6.07) is 90.7. The molecule has 0 aliphatic heterocycles. The van der Waals surface area contributed by atoms with E-state index in [-0.39, 0.29) is 0 Å². The van der Waals surface area contributed by atoms with Crippen LogP contribution in [-0.2, 0) is 0 Å². The van der Waals surface area contributed by atoms with E-state index in [4.69, 9.17) is 0 Å². The van der Waals surface area contributed by atoms with E-state index in [0.717, 1.165) is 17.1 Å². The minimum absolute atomic E-state index is 1.11. The first-order valence-electron chi connectivity index (χ1n) is 20.7. The topological polar surface area (TPSA) is 3.24 Å². The monoisotopic (exact) mass is 781 g/mol. The van der Waals surface area contributed by atoms with Crippen molar-refractivity contribution in [2.24, 2.45) is 0 Å². The Morgan fingerprint density at radius 1 is 0.300 bits per heavy atom. The Morgan fingerprint density at radius 2 is 0.667 bits per heavy atom. The van der Waals surface area contributed by atoms with Crippen LogP contribution in [0.3, 0.4) is 0 Å². The van der Waals surface area contributed by atoms with E-state index in [0.29, 0.717) is 0 Å².